The molecule has 0 spiro atoms. The van der Waals surface area contributed by atoms with Crippen LogP contribution in [0.15, 0.2) is 47.4 Å². The van der Waals surface area contributed by atoms with Crippen molar-refractivity contribution in [2.45, 2.75) is 59.2 Å². The highest BCUT2D eigenvalue weighted by atomic mass is 16.5. The Morgan fingerprint density at radius 3 is 2.30 bits per heavy atom. The summed E-state index contributed by atoms with van der Waals surface area (Å²) in [5, 5.41) is 21.7. The molecule has 0 saturated carbocycles. The summed E-state index contributed by atoms with van der Waals surface area (Å²) in [7, 11) is 1.51. The average molecular weight is 517 g/mol. The van der Waals surface area contributed by atoms with Crippen LogP contribution in [0.25, 0.3) is 0 Å². The number of ether oxygens (including phenoxy) is 2. The van der Waals surface area contributed by atoms with Gasteiger partial charge in [0.15, 0.2) is 5.75 Å². The van der Waals surface area contributed by atoms with E-state index >= 15 is 0 Å². The molecule has 0 radical (unpaired) electrons. The maximum absolute atomic E-state index is 13.2. The molecule has 202 valence electrons. The zero-order valence-electron chi connectivity index (χ0n) is 21.7. The van der Waals surface area contributed by atoms with Crippen LogP contribution in [0, 0.1) is 11.3 Å². The average Bonchev–Trinajstić information content (AvgIpc) is 2.81. The summed E-state index contributed by atoms with van der Waals surface area (Å²) in [6, 6.07) is 9.75. The minimum absolute atomic E-state index is 0.0319. The second-order valence-electron chi connectivity index (χ2n) is 9.93. The molecule has 0 fully saturated rings. The molecule has 2 atom stereocenters. The lowest BCUT2D eigenvalue weighted by Gasteiger charge is -2.28. The number of amides is 1. The predicted molar refractivity (Wildman–Crippen MR) is 137 cm³/mol. The molecule has 2 unspecified atom stereocenters. The second-order valence-corrected chi connectivity index (χ2v) is 9.93. The number of hydrogen-bond acceptors (Lipinski definition) is 6. The van der Waals surface area contributed by atoms with Crippen LogP contribution in [0.5, 0.6) is 5.75 Å². The van der Waals surface area contributed by atoms with Crippen LogP contribution >= 0.6 is 0 Å². The van der Waals surface area contributed by atoms with Gasteiger partial charge >= 0.3 is 11.9 Å². The summed E-state index contributed by atoms with van der Waals surface area (Å²) in [6.45, 7) is 5.98. The zero-order chi connectivity index (χ0) is 27.6. The number of carboxylic acids is 2. The van der Waals surface area contributed by atoms with Gasteiger partial charge in [-0.2, -0.15) is 0 Å². The number of carbonyl (C=O) groups is 3. The summed E-state index contributed by atoms with van der Waals surface area (Å²) in [5.41, 5.74) is -0.301. The molecule has 2 aromatic rings. The molecule has 0 bridgehead atoms. The fourth-order valence-corrected chi connectivity index (χ4v) is 3.96. The molecular formula is C27H36N2O8. The summed E-state index contributed by atoms with van der Waals surface area (Å²) in [5.74, 6) is -3.68. The third-order valence-corrected chi connectivity index (χ3v) is 6.03. The number of aliphatic carboxylic acids is 2. The lowest BCUT2D eigenvalue weighted by Crippen LogP contribution is -2.39. The van der Waals surface area contributed by atoms with Gasteiger partial charge in [-0.1, -0.05) is 51.1 Å². The Hall–Kier alpha value is -3.66. The van der Waals surface area contributed by atoms with E-state index in [4.69, 9.17) is 9.47 Å². The second kappa shape index (κ2) is 13.6. The van der Waals surface area contributed by atoms with E-state index in [1.165, 1.54) is 23.9 Å². The van der Waals surface area contributed by atoms with Gasteiger partial charge in [-0.25, -0.2) is 0 Å². The molecule has 0 aliphatic heterocycles. The van der Waals surface area contributed by atoms with Crippen molar-refractivity contribution < 1.29 is 34.1 Å². The Labute approximate surface area is 216 Å². The van der Waals surface area contributed by atoms with Crippen LogP contribution in [-0.4, -0.2) is 52.4 Å². The van der Waals surface area contributed by atoms with Gasteiger partial charge in [0.2, 0.25) is 0 Å². The third kappa shape index (κ3) is 9.05. The minimum Gasteiger partial charge on any atom is -0.482 e. The standard InChI is InChI=1S/C27H36N2O8/c1-27(2,3)21(26(34)35)11-10-19(16-22(30)31)28-24(32)20-12-13-29(14-15-36-4)25(33)23(20)37-17-18-8-6-5-7-9-18/h5-9,12-13,19,21H,10-11,14-17H2,1-4H3,(H,28,32)(H,30,31)(H,34,35). The number of aromatic nitrogens is 1. The molecule has 1 aromatic carbocycles. The fraction of sp³-hybridized carbons (Fsp3) is 0.481. The van der Waals surface area contributed by atoms with Crippen LogP contribution in [-0.2, 0) is 27.5 Å². The first-order chi connectivity index (χ1) is 17.4. The predicted octanol–water partition coefficient (Wildman–Crippen LogP) is 3.17. The molecule has 0 aliphatic rings. The largest absolute Gasteiger partial charge is 0.482 e. The number of carbonyl (C=O) groups excluding carboxylic acids is 1. The molecule has 1 heterocycles. The third-order valence-electron chi connectivity index (χ3n) is 6.03. The Bertz CT molecular complexity index is 1120. The number of methoxy groups -OCH3 is 1. The highest BCUT2D eigenvalue weighted by Crippen LogP contribution is 2.30. The van der Waals surface area contributed by atoms with Crippen molar-refractivity contribution in [3.05, 3.63) is 64.1 Å². The van der Waals surface area contributed by atoms with Gasteiger partial charge in [0.25, 0.3) is 11.5 Å². The van der Waals surface area contributed by atoms with Crippen LogP contribution in [0.4, 0.5) is 0 Å². The van der Waals surface area contributed by atoms with Crippen molar-refractivity contribution in [3.63, 3.8) is 0 Å². The van der Waals surface area contributed by atoms with Gasteiger partial charge in [-0.05, 0) is 29.9 Å². The number of benzene rings is 1. The molecule has 37 heavy (non-hydrogen) atoms. The van der Waals surface area contributed by atoms with Gasteiger partial charge in [0.1, 0.15) is 6.61 Å². The highest BCUT2D eigenvalue weighted by Gasteiger charge is 2.32. The summed E-state index contributed by atoms with van der Waals surface area (Å²) >= 11 is 0. The number of nitrogens with zero attached hydrogens (tertiary/aromatic N) is 1. The quantitative estimate of drug-likeness (QED) is 0.347. The monoisotopic (exact) mass is 516 g/mol. The zero-order valence-corrected chi connectivity index (χ0v) is 21.7. The number of nitrogens with one attached hydrogen (secondary N) is 1. The van der Waals surface area contributed by atoms with E-state index in [1.807, 2.05) is 30.3 Å². The van der Waals surface area contributed by atoms with Crippen molar-refractivity contribution in [1.29, 1.82) is 0 Å². The molecule has 0 saturated heterocycles. The van der Waals surface area contributed by atoms with Gasteiger partial charge < -0.3 is 29.6 Å². The van der Waals surface area contributed by atoms with Crippen LogP contribution in [0.3, 0.4) is 0 Å². The van der Waals surface area contributed by atoms with Crippen molar-refractivity contribution in [3.8, 4) is 5.75 Å². The molecular weight excluding hydrogens is 480 g/mol. The Kier molecular flexibility index (Phi) is 10.9. The number of hydrogen-bond donors (Lipinski definition) is 3. The fourth-order valence-electron chi connectivity index (χ4n) is 3.96. The summed E-state index contributed by atoms with van der Waals surface area (Å²) in [4.78, 5) is 49.6. The van der Waals surface area contributed by atoms with Gasteiger partial charge in [0.05, 0.1) is 24.5 Å². The maximum atomic E-state index is 13.2. The van der Waals surface area contributed by atoms with E-state index in [2.05, 4.69) is 5.32 Å². The van der Waals surface area contributed by atoms with E-state index in [0.29, 0.717) is 0 Å². The van der Waals surface area contributed by atoms with E-state index in [9.17, 15) is 29.4 Å². The van der Waals surface area contributed by atoms with Crippen molar-refractivity contribution >= 4 is 17.8 Å². The summed E-state index contributed by atoms with van der Waals surface area (Å²) in [6.07, 6.45) is 1.37. The Morgan fingerprint density at radius 2 is 1.73 bits per heavy atom. The van der Waals surface area contributed by atoms with E-state index in [-0.39, 0.29) is 43.9 Å². The normalized spacial score (nSPS) is 13.0. The Morgan fingerprint density at radius 1 is 1.05 bits per heavy atom. The first-order valence-electron chi connectivity index (χ1n) is 12.1. The number of pyridine rings is 1. The molecule has 1 aromatic heterocycles. The lowest BCUT2D eigenvalue weighted by molar-refractivity contribution is -0.145. The lowest BCUT2D eigenvalue weighted by atomic mass is 9.77. The van der Waals surface area contributed by atoms with Crippen molar-refractivity contribution in [2.75, 3.05) is 13.7 Å². The van der Waals surface area contributed by atoms with E-state index < -0.39 is 47.2 Å². The van der Waals surface area contributed by atoms with Crippen molar-refractivity contribution in [1.82, 2.24) is 9.88 Å². The minimum atomic E-state index is -1.14. The molecule has 10 nitrogen and oxygen atoms in total. The SMILES string of the molecule is COCCn1ccc(C(=O)NC(CCC(C(=O)O)C(C)(C)C)CC(=O)O)c(OCc2ccccc2)c1=O. The first kappa shape index (κ1) is 29.6. The number of rotatable bonds is 14. The van der Waals surface area contributed by atoms with Gasteiger partial charge in [-0.3, -0.25) is 19.2 Å². The molecule has 2 rings (SSSR count). The first-order valence-corrected chi connectivity index (χ1v) is 12.1. The molecule has 1 amide bonds. The molecule has 3 N–H and O–H groups in total. The molecule has 0 aliphatic carbocycles. The Balaban J connectivity index is 2.31. The maximum Gasteiger partial charge on any atom is 0.307 e. The van der Waals surface area contributed by atoms with Crippen LogP contribution < -0.4 is 15.6 Å². The van der Waals surface area contributed by atoms with Crippen molar-refractivity contribution in [2.24, 2.45) is 11.3 Å². The van der Waals surface area contributed by atoms with Gasteiger partial charge in [0, 0.05) is 25.9 Å². The molecule has 10 heteroatoms. The van der Waals surface area contributed by atoms with Gasteiger partial charge in [-0.15, -0.1) is 0 Å². The van der Waals surface area contributed by atoms with E-state index in [1.54, 1.807) is 20.8 Å². The van der Waals surface area contributed by atoms with E-state index in [0.717, 1.165) is 5.56 Å². The highest BCUT2D eigenvalue weighted by molar-refractivity contribution is 5.97. The number of carboxylic acid groups (broad SMARTS) is 2. The smallest absolute Gasteiger partial charge is 0.307 e. The summed E-state index contributed by atoms with van der Waals surface area (Å²) < 4.78 is 12.2. The van der Waals surface area contributed by atoms with Crippen LogP contribution in [0.2, 0.25) is 0 Å². The topological polar surface area (TPSA) is 144 Å². The van der Waals surface area contributed by atoms with Crippen LogP contribution in [0.1, 0.15) is 56.0 Å².